The molecule has 1 saturated carbocycles. The third-order valence-electron chi connectivity index (χ3n) is 2.53. The van der Waals surface area contributed by atoms with Crippen LogP contribution in [0.1, 0.15) is 18.5 Å². The van der Waals surface area contributed by atoms with Crippen LogP contribution in [0.4, 0.5) is 5.82 Å². The van der Waals surface area contributed by atoms with E-state index < -0.39 is 5.41 Å². The highest BCUT2D eigenvalue weighted by Crippen LogP contribution is 2.45. The summed E-state index contributed by atoms with van der Waals surface area (Å²) in [5, 5.41) is 11.5. The van der Waals surface area contributed by atoms with E-state index >= 15 is 0 Å². The number of carbonyl (C=O) groups excluding carboxylic acids is 1. The molecule has 0 saturated heterocycles. The van der Waals surface area contributed by atoms with Crippen molar-refractivity contribution in [1.29, 1.82) is 5.26 Å². The first-order chi connectivity index (χ1) is 7.16. The molecular formula is C11H11N3O. The van der Waals surface area contributed by atoms with Gasteiger partial charge in [-0.1, -0.05) is 6.07 Å². The Kier molecular flexibility index (Phi) is 2.16. The van der Waals surface area contributed by atoms with Crippen molar-refractivity contribution in [1.82, 2.24) is 4.98 Å². The van der Waals surface area contributed by atoms with Crippen molar-refractivity contribution >= 4 is 11.7 Å². The van der Waals surface area contributed by atoms with Crippen LogP contribution in [0.25, 0.3) is 0 Å². The minimum Gasteiger partial charge on any atom is -0.309 e. The van der Waals surface area contributed by atoms with Gasteiger partial charge in [0.15, 0.2) is 0 Å². The van der Waals surface area contributed by atoms with Gasteiger partial charge in [0.2, 0.25) is 5.91 Å². The Morgan fingerprint density at radius 3 is 2.87 bits per heavy atom. The molecule has 76 valence electrons. The lowest BCUT2D eigenvalue weighted by atomic mass is 10.1. The lowest BCUT2D eigenvalue weighted by Gasteiger charge is -2.07. The zero-order chi connectivity index (χ0) is 10.9. The van der Waals surface area contributed by atoms with Crippen molar-refractivity contribution in [3.05, 3.63) is 23.9 Å². The Balaban J connectivity index is 2.10. The highest BCUT2D eigenvalue weighted by Gasteiger charge is 2.50. The Morgan fingerprint density at radius 2 is 2.33 bits per heavy atom. The summed E-state index contributed by atoms with van der Waals surface area (Å²) in [7, 11) is 0. The number of nitrogens with zero attached hydrogens (tertiary/aromatic N) is 2. The third-order valence-corrected chi connectivity index (χ3v) is 2.53. The van der Waals surface area contributed by atoms with E-state index in [9.17, 15) is 4.79 Å². The fraction of sp³-hybridized carbons (Fsp3) is 0.364. The normalized spacial score (nSPS) is 16.5. The summed E-state index contributed by atoms with van der Waals surface area (Å²) < 4.78 is 0. The van der Waals surface area contributed by atoms with Gasteiger partial charge >= 0.3 is 0 Å². The molecule has 15 heavy (non-hydrogen) atoms. The number of hydrogen-bond acceptors (Lipinski definition) is 3. The fourth-order valence-electron chi connectivity index (χ4n) is 1.36. The van der Waals surface area contributed by atoms with Gasteiger partial charge in [0.1, 0.15) is 11.2 Å². The molecule has 0 aromatic carbocycles. The van der Waals surface area contributed by atoms with Crippen LogP contribution >= 0.6 is 0 Å². The van der Waals surface area contributed by atoms with Gasteiger partial charge in [-0.15, -0.1) is 0 Å². The Labute approximate surface area is 87.9 Å². The summed E-state index contributed by atoms with van der Waals surface area (Å²) in [6, 6.07) is 7.45. The van der Waals surface area contributed by atoms with Gasteiger partial charge in [-0.25, -0.2) is 4.98 Å². The number of aromatic nitrogens is 1. The highest BCUT2D eigenvalue weighted by atomic mass is 16.2. The molecule has 1 amide bonds. The van der Waals surface area contributed by atoms with Crippen molar-refractivity contribution in [3.8, 4) is 6.07 Å². The van der Waals surface area contributed by atoms with Gasteiger partial charge in [-0.05, 0) is 31.9 Å². The molecule has 1 fully saturated rings. The number of pyridine rings is 1. The van der Waals surface area contributed by atoms with Crippen LogP contribution in [-0.2, 0) is 4.79 Å². The van der Waals surface area contributed by atoms with E-state index in [2.05, 4.69) is 10.3 Å². The zero-order valence-corrected chi connectivity index (χ0v) is 8.45. The second-order valence-electron chi connectivity index (χ2n) is 3.81. The monoisotopic (exact) mass is 201 g/mol. The average Bonchev–Trinajstić information content (AvgIpc) is 2.98. The summed E-state index contributed by atoms with van der Waals surface area (Å²) in [6.07, 6.45) is 1.31. The molecule has 1 aromatic heterocycles. The van der Waals surface area contributed by atoms with Crippen molar-refractivity contribution in [3.63, 3.8) is 0 Å². The first-order valence-corrected chi connectivity index (χ1v) is 4.83. The average molecular weight is 201 g/mol. The maximum atomic E-state index is 11.7. The van der Waals surface area contributed by atoms with E-state index in [4.69, 9.17) is 5.26 Å². The van der Waals surface area contributed by atoms with Crippen molar-refractivity contribution in [2.24, 2.45) is 5.41 Å². The largest absolute Gasteiger partial charge is 0.309 e. The molecule has 4 nitrogen and oxygen atoms in total. The summed E-state index contributed by atoms with van der Waals surface area (Å²) in [5.41, 5.74) is 0.0559. The standard InChI is InChI=1S/C11H11N3O/c1-8-3-2-4-9(13-8)14-10(15)11(7-12)5-6-11/h2-4H,5-6H2,1H3,(H,13,14,15). The van der Waals surface area contributed by atoms with Gasteiger partial charge in [-0.2, -0.15) is 5.26 Å². The van der Waals surface area contributed by atoms with Crippen molar-refractivity contribution in [2.45, 2.75) is 19.8 Å². The summed E-state index contributed by atoms with van der Waals surface area (Å²) in [6.45, 7) is 1.85. The number of hydrogen-bond donors (Lipinski definition) is 1. The van der Waals surface area contributed by atoms with E-state index in [0.29, 0.717) is 18.7 Å². The highest BCUT2D eigenvalue weighted by molar-refractivity contribution is 5.98. The third kappa shape index (κ3) is 1.82. The van der Waals surface area contributed by atoms with Crippen LogP contribution in [0.5, 0.6) is 0 Å². The molecule has 1 aliphatic rings. The Morgan fingerprint density at radius 1 is 1.60 bits per heavy atom. The van der Waals surface area contributed by atoms with Crippen LogP contribution in [0, 0.1) is 23.7 Å². The lowest BCUT2D eigenvalue weighted by molar-refractivity contribution is -0.119. The van der Waals surface area contributed by atoms with Crippen LogP contribution in [-0.4, -0.2) is 10.9 Å². The molecule has 0 atom stereocenters. The van der Waals surface area contributed by atoms with Crippen molar-refractivity contribution < 1.29 is 4.79 Å². The number of aryl methyl sites for hydroxylation is 1. The van der Waals surface area contributed by atoms with E-state index in [0.717, 1.165) is 5.69 Å². The molecule has 1 aromatic rings. The molecule has 0 aliphatic heterocycles. The number of carbonyl (C=O) groups is 1. The van der Waals surface area contributed by atoms with Gasteiger partial charge < -0.3 is 5.32 Å². The SMILES string of the molecule is Cc1cccc(NC(=O)C2(C#N)CC2)n1. The van der Waals surface area contributed by atoms with Crippen LogP contribution in [0.15, 0.2) is 18.2 Å². The van der Waals surface area contributed by atoms with Gasteiger partial charge in [0.05, 0.1) is 6.07 Å². The summed E-state index contributed by atoms with van der Waals surface area (Å²) >= 11 is 0. The zero-order valence-electron chi connectivity index (χ0n) is 8.45. The van der Waals surface area contributed by atoms with Crippen LogP contribution in [0.2, 0.25) is 0 Å². The van der Waals surface area contributed by atoms with E-state index in [1.54, 1.807) is 6.07 Å². The maximum Gasteiger partial charge on any atom is 0.246 e. The Bertz CT molecular complexity index is 443. The number of rotatable bonds is 2. The lowest BCUT2D eigenvalue weighted by Crippen LogP contribution is -2.23. The van der Waals surface area contributed by atoms with Crippen LogP contribution in [0.3, 0.4) is 0 Å². The van der Waals surface area contributed by atoms with Gasteiger partial charge in [-0.3, -0.25) is 4.79 Å². The summed E-state index contributed by atoms with van der Waals surface area (Å²) in [5.74, 6) is 0.282. The van der Waals surface area contributed by atoms with Gasteiger partial charge in [0.25, 0.3) is 0 Å². The minimum absolute atomic E-state index is 0.233. The minimum atomic E-state index is -0.786. The molecule has 0 unspecified atom stereocenters. The molecular weight excluding hydrogens is 190 g/mol. The molecule has 1 heterocycles. The number of nitrogens with one attached hydrogen (secondary N) is 1. The fourth-order valence-corrected chi connectivity index (χ4v) is 1.36. The molecule has 4 heteroatoms. The number of nitriles is 1. The molecule has 0 radical (unpaired) electrons. The van der Waals surface area contributed by atoms with Crippen molar-refractivity contribution in [2.75, 3.05) is 5.32 Å². The molecule has 1 N–H and O–H groups in total. The first kappa shape index (κ1) is 9.66. The molecule has 0 spiro atoms. The second kappa shape index (κ2) is 3.35. The molecule has 2 rings (SSSR count). The van der Waals surface area contributed by atoms with E-state index in [1.165, 1.54) is 0 Å². The molecule has 0 bridgehead atoms. The predicted octanol–water partition coefficient (Wildman–Crippen LogP) is 1.63. The maximum absolute atomic E-state index is 11.7. The number of anilines is 1. The first-order valence-electron chi connectivity index (χ1n) is 4.83. The molecule has 1 aliphatic carbocycles. The second-order valence-corrected chi connectivity index (χ2v) is 3.81. The van der Waals surface area contributed by atoms with E-state index in [1.807, 2.05) is 25.1 Å². The Hall–Kier alpha value is -1.89. The predicted molar refractivity (Wildman–Crippen MR) is 54.9 cm³/mol. The number of amides is 1. The smallest absolute Gasteiger partial charge is 0.246 e. The van der Waals surface area contributed by atoms with E-state index in [-0.39, 0.29) is 5.91 Å². The summed E-state index contributed by atoms with van der Waals surface area (Å²) in [4.78, 5) is 15.8. The quantitative estimate of drug-likeness (QED) is 0.790. The van der Waals surface area contributed by atoms with Gasteiger partial charge in [0, 0.05) is 5.69 Å². The topological polar surface area (TPSA) is 65.8 Å². The van der Waals surface area contributed by atoms with Crippen LogP contribution < -0.4 is 5.32 Å².